The highest BCUT2D eigenvalue weighted by molar-refractivity contribution is 5.78. The largest absolute Gasteiger partial charge is 0.460 e. The number of nitrogens with zero attached hydrogens (tertiary/aromatic N) is 1. The van der Waals surface area contributed by atoms with Crippen LogP contribution in [0.5, 0.6) is 0 Å². The van der Waals surface area contributed by atoms with Gasteiger partial charge in [-0.1, -0.05) is 96.8 Å². The van der Waals surface area contributed by atoms with Crippen molar-refractivity contribution in [3.8, 4) is 0 Å². The minimum atomic E-state index is -1.77. The third kappa shape index (κ3) is 28.4. The van der Waals surface area contributed by atoms with Crippen molar-refractivity contribution in [3.05, 3.63) is 0 Å². The molecule has 79 heavy (non-hydrogen) atoms. The number of nitrogens with one attached hydrogen (secondary N) is 1. The highest BCUT2D eigenvalue weighted by Crippen LogP contribution is 2.32. The van der Waals surface area contributed by atoms with Crippen LogP contribution < -0.4 is 5.32 Å². The number of ketones is 1. The Balaban J connectivity index is 1.39. The van der Waals surface area contributed by atoms with Gasteiger partial charge in [-0.15, -0.1) is 0 Å². The third-order valence-corrected chi connectivity index (χ3v) is 14.3. The van der Waals surface area contributed by atoms with Crippen LogP contribution in [0.2, 0.25) is 0 Å². The fourth-order valence-corrected chi connectivity index (χ4v) is 10.1. The number of rotatable bonds is 41. The van der Waals surface area contributed by atoms with Crippen LogP contribution in [0.3, 0.4) is 0 Å². The Hall–Kier alpha value is -3.42. The lowest BCUT2D eigenvalue weighted by Gasteiger charge is -2.45. The Bertz CT molecular complexity index is 1740. The van der Waals surface area contributed by atoms with E-state index in [0.29, 0.717) is 37.9 Å². The maximum Gasteiger partial charge on any atom is 0.303 e. The van der Waals surface area contributed by atoms with Gasteiger partial charge >= 0.3 is 23.9 Å². The van der Waals surface area contributed by atoms with E-state index in [-0.39, 0.29) is 19.1 Å². The Labute approximate surface area is 469 Å². The number of carbonyl (C=O) groups excluding carboxylic acids is 6. The second-order valence-corrected chi connectivity index (χ2v) is 21.8. The molecule has 0 spiro atoms. The number of unbranched alkanes of at least 4 members (excludes halogenated alkanes) is 16. The molecule has 1 amide bonds. The molecule has 0 aliphatic carbocycles. The number of hydrogen-bond acceptors (Lipinski definition) is 21. The predicted octanol–water partition coefficient (Wildman–Crippen LogP) is 5.40. The molecule has 0 bridgehead atoms. The van der Waals surface area contributed by atoms with E-state index in [0.717, 1.165) is 143 Å². The highest BCUT2D eigenvalue weighted by Gasteiger charge is 2.52. The van der Waals surface area contributed by atoms with Crippen molar-refractivity contribution in [2.75, 3.05) is 47.0 Å². The summed E-state index contributed by atoms with van der Waals surface area (Å²) in [6.07, 6.45) is 3.63. The average Bonchev–Trinajstić information content (AvgIpc) is 3.43. The van der Waals surface area contributed by atoms with Crippen LogP contribution in [0, 0.1) is 0 Å². The summed E-state index contributed by atoms with van der Waals surface area (Å²) in [6, 6.07) is 0. The number of hydrogen-bond donors (Lipinski definition) is 5. The number of aliphatic hydroxyl groups excluding tert-OH is 4. The minimum absolute atomic E-state index is 0.166. The predicted molar refractivity (Wildman–Crippen MR) is 288 cm³/mol. The smallest absolute Gasteiger partial charge is 0.303 e. The van der Waals surface area contributed by atoms with Crippen molar-refractivity contribution in [1.29, 1.82) is 0 Å². The number of Topliss-reactive ketones (excluding diaryl/α,β-unsaturated/α-hetero) is 1. The molecule has 0 radical (unpaired) electrons. The van der Waals surface area contributed by atoms with E-state index in [4.69, 9.17) is 47.4 Å². The van der Waals surface area contributed by atoms with Crippen molar-refractivity contribution in [1.82, 2.24) is 10.2 Å². The topological polar surface area (TPSA) is 291 Å². The van der Waals surface area contributed by atoms with Crippen molar-refractivity contribution in [3.63, 3.8) is 0 Å². The quantitative estimate of drug-likeness (QED) is 0.0291. The molecule has 0 aromatic rings. The zero-order chi connectivity index (χ0) is 58.1. The van der Waals surface area contributed by atoms with E-state index in [2.05, 4.69) is 31.2 Å². The van der Waals surface area contributed by atoms with Crippen molar-refractivity contribution >= 4 is 35.6 Å². The van der Waals surface area contributed by atoms with Gasteiger partial charge in [0.2, 0.25) is 5.91 Å². The van der Waals surface area contributed by atoms with E-state index in [1.807, 2.05) is 0 Å². The van der Waals surface area contributed by atoms with Crippen LogP contribution in [0.15, 0.2) is 0 Å². The number of carbonyl (C=O) groups is 6. The molecular formula is C57H100N2O20. The molecule has 0 saturated carbocycles. The van der Waals surface area contributed by atoms with Crippen LogP contribution in [0.25, 0.3) is 0 Å². The van der Waals surface area contributed by atoms with Gasteiger partial charge in [-0.25, -0.2) is 0 Å². The first-order valence-electron chi connectivity index (χ1n) is 29.5. The van der Waals surface area contributed by atoms with Crippen LogP contribution in [0.1, 0.15) is 195 Å². The van der Waals surface area contributed by atoms with E-state index in [1.54, 1.807) is 0 Å². The molecule has 3 heterocycles. The molecule has 3 fully saturated rings. The van der Waals surface area contributed by atoms with Crippen LogP contribution in [0.4, 0.5) is 0 Å². The van der Waals surface area contributed by atoms with Crippen molar-refractivity contribution in [2.45, 2.75) is 281 Å². The minimum Gasteiger partial charge on any atom is -0.460 e. The first-order valence-corrected chi connectivity index (χ1v) is 29.5. The van der Waals surface area contributed by atoms with Gasteiger partial charge in [0.15, 0.2) is 37.2 Å². The molecule has 458 valence electrons. The summed E-state index contributed by atoms with van der Waals surface area (Å²) in [4.78, 5) is 75.1. The van der Waals surface area contributed by atoms with Gasteiger partial charge in [-0.2, -0.15) is 0 Å². The Morgan fingerprint density at radius 1 is 0.506 bits per heavy atom. The molecule has 0 unspecified atom stereocenters. The SMILES string of the molecule is CCCCC[C@H](O[C@@H]1OC[C@H](O[C@@H]2OC[C@H](O)[C@H](O[C@@H]3OC[C@H](OC(C)=O)[C@H](OC(C)=O)[C@H]3OC(C)=O)[C@H]2O)[C@H](O)[C@H]1O)[C@@H](CCCCCCCCC(=O)CCCCCCCCCCCC(=O)NCCCCN(C)C)OC(C)=O. The van der Waals surface area contributed by atoms with E-state index >= 15 is 0 Å². The zero-order valence-corrected chi connectivity index (χ0v) is 48.6. The second kappa shape index (κ2) is 39.9. The Morgan fingerprint density at radius 3 is 1.61 bits per heavy atom. The Morgan fingerprint density at radius 2 is 1.03 bits per heavy atom. The molecule has 0 aromatic carbocycles. The molecule has 3 rings (SSSR count). The average molecular weight is 1130 g/mol. The van der Waals surface area contributed by atoms with E-state index in [9.17, 15) is 49.2 Å². The van der Waals surface area contributed by atoms with Gasteiger partial charge in [0.1, 0.15) is 48.5 Å². The van der Waals surface area contributed by atoms with Gasteiger partial charge in [0.25, 0.3) is 0 Å². The van der Waals surface area contributed by atoms with Crippen molar-refractivity contribution < 1.29 is 96.6 Å². The van der Waals surface area contributed by atoms with Gasteiger partial charge in [-0.3, -0.25) is 28.8 Å². The molecule has 3 aliphatic rings. The number of ether oxygens (including phenoxy) is 10. The molecular weight excluding hydrogens is 1030 g/mol. The zero-order valence-electron chi connectivity index (χ0n) is 48.6. The lowest BCUT2D eigenvalue weighted by Crippen LogP contribution is -2.63. The second-order valence-electron chi connectivity index (χ2n) is 21.8. The van der Waals surface area contributed by atoms with Crippen LogP contribution in [-0.4, -0.2) is 194 Å². The van der Waals surface area contributed by atoms with Gasteiger partial charge < -0.3 is 78.0 Å². The lowest BCUT2D eigenvalue weighted by molar-refractivity contribution is -0.356. The fraction of sp³-hybridized carbons (Fsp3) is 0.895. The monoisotopic (exact) mass is 1130 g/mol. The summed E-state index contributed by atoms with van der Waals surface area (Å²) in [6.45, 7) is 7.37. The van der Waals surface area contributed by atoms with E-state index in [1.165, 1.54) is 26.2 Å². The molecule has 22 heteroatoms. The molecule has 0 aromatic heterocycles. The van der Waals surface area contributed by atoms with Gasteiger partial charge in [-0.05, 0) is 72.0 Å². The van der Waals surface area contributed by atoms with Crippen LogP contribution in [-0.2, 0) is 76.1 Å². The fourth-order valence-electron chi connectivity index (χ4n) is 10.1. The normalized spacial score (nSPS) is 26.9. The standard InChI is InChI=1S/C57H100N2O20/c1-8-9-21-30-45(44(73-38(2)60)31-24-19-16-15-18-23-29-42(64)28-22-17-13-11-10-12-14-20-25-32-48(66)58-33-26-27-34-59(6)7)77-55-50(68)49(67)46(36-71-55)78-56-51(69)52(43(65)35-70-56)79-57-54(76-41(5)63)53(75-40(4)62)47(37-72-57)74-39(3)61/h43-47,49-57,65,67-69H,8-37H2,1-7H3,(H,58,66)/t43-,44+,45-,46-,47-,49-,50+,51+,52-,53-,54+,55-,56-,57-/m0/s1. The molecule has 5 N–H and O–H groups in total. The third-order valence-electron chi connectivity index (χ3n) is 14.3. The van der Waals surface area contributed by atoms with Gasteiger partial charge in [0.05, 0.1) is 25.9 Å². The lowest BCUT2D eigenvalue weighted by atomic mass is 9.98. The van der Waals surface area contributed by atoms with Crippen LogP contribution >= 0.6 is 0 Å². The molecule has 3 saturated heterocycles. The number of aliphatic hydroxyl groups is 4. The number of amides is 1. The van der Waals surface area contributed by atoms with Crippen molar-refractivity contribution in [2.24, 2.45) is 0 Å². The Kier molecular flexibility index (Phi) is 35.3. The molecule has 3 aliphatic heterocycles. The first kappa shape index (κ1) is 69.8. The summed E-state index contributed by atoms with van der Waals surface area (Å²) >= 11 is 0. The number of esters is 4. The summed E-state index contributed by atoms with van der Waals surface area (Å²) < 4.78 is 57.2. The van der Waals surface area contributed by atoms with Gasteiger partial charge in [0, 0.05) is 53.5 Å². The summed E-state index contributed by atoms with van der Waals surface area (Å²) in [5.74, 6) is -2.33. The molecule has 22 nitrogen and oxygen atoms in total. The summed E-state index contributed by atoms with van der Waals surface area (Å²) in [5, 5.41) is 48.0. The first-order chi connectivity index (χ1) is 37.8. The maximum atomic E-state index is 12.6. The summed E-state index contributed by atoms with van der Waals surface area (Å²) in [7, 11) is 4.12. The highest BCUT2D eigenvalue weighted by atomic mass is 16.8. The van der Waals surface area contributed by atoms with E-state index < -0.39 is 116 Å². The molecule has 14 atom stereocenters. The maximum absolute atomic E-state index is 12.6. The summed E-state index contributed by atoms with van der Waals surface area (Å²) in [5.41, 5.74) is 0.